The Morgan fingerprint density at radius 3 is 2.68 bits per heavy atom. The molecule has 0 aliphatic rings. The van der Waals surface area contributed by atoms with Gasteiger partial charge in [-0.1, -0.05) is 38.8 Å². The average molecular weight is 304 g/mol. The van der Waals surface area contributed by atoms with Crippen molar-refractivity contribution in [3.8, 4) is 0 Å². The van der Waals surface area contributed by atoms with Gasteiger partial charge in [-0.05, 0) is 30.9 Å². The van der Waals surface area contributed by atoms with Gasteiger partial charge in [0.15, 0.2) is 0 Å². The minimum atomic E-state index is -0.450. The molecule has 0 fully saturated rings. The van der Waals surface area contributed by atoms with Crippen molar-refractivity contribution in [1.82, 2.24) is 5.32 Å². The lowest BCUT2D eigenvalue weighted by atomic mass is 10.0. The minimum Gasteiger partial charge on any atom is -0.350 e. The number of nitro groups is 1. The maximum atomic E-state index is 11.8. The standard InChI is InChI=1S/C17H24N2O3/c1-13(2)6-4-7-14(3)18-17(20)11-10-15-8-5-9-16(12-15)19(21)22/h5,8-14H,4,6-7H2,1-3H3,(H,18,20)/b11-10+/t14-/m1/s1. The smallest absolute Gasteiger partial charge is 0.270 e. The fourth-order valence-corrected chi connectivity index (χ4v) is 2.11. The van der Waals surface area contributed by atoms with Crippen molar-refractivity contribution in [2.45, 2.75) is 46.1 Å². The highest BCUT2D eigenvalue weighted by atomic mass is 16.6. The zero-order valence-electron chi connectivity index (χ0n) is 13.4. The molecule has 0 spiro atoms. The van der Waals surface area contributed by atoms with E-state index in [1.165, 1.54) is 18.2 Å². The Morgan fingerprint density at radius 2 is 2.05 bits per heavy atom. The van der Waals surface area contributed by atoms with Gasteiger partial charge in [0, 0.05) is 24.3 Å². The first kappa shape index (κ1) is 17.9. The lowest BCUT2D eigenvalue weighted by Crippen LogP contribution is -2.31. The molecule has 0 saturated heterocycles. The zero-order valence-corrected chi connectivity index (χ0v) is 13.4. The summed E-state index contributed by atoms with van der Waals surface area (Å²) in [7, 11) is 0. The van der Waals surface area contributed by atoms with Crippen LogP contribution in [0.1, 0.15) is 45.6 Å². The van der Waals surface area contributed by atoms with Crippen molar-refractivity contribution in [3.05, 3.63) is 46.0 Å². The van der Waals surface area contributed by atoms with Crippen molar-refractivity contribution in [2.75, 3.05) is 0 Å². The number of amides is 1. The number of carbonyl (C=O) groups excluding carboxylic acids is 1. The van der Waals surface area contributed by atoms with Crippen LogP contribution < -0.4 is 5.32 Å². The van der Waals surface area contributed by atoms with Gasteiger partial charge in [0.1, 0.15) is 0 Å². The van der Waals surface area contributed by atoms with Crippen LogP contribution in [0.4, 0.5) is 5.69 Å². The van der Waals surface area contributed by atoms with Crippen molar-refractivity contribution < 1.29 is 9.72 Å². The first-order valence-corrected chi connectivity index (χ1v) is 7.61. The second-order valence-electron chi connectivity index (χ2n) is 5.92. The fourth-order valence-electron chi connectivity index (χ4n) is 2.11. The van der Waals surface area contributed by atoms with Gasteiger partial charge in [0.2, 0.25) is 5.91 Å². The van der Waals surface area contributed by atoms with Crippen LogP contribution >= 0.6 is 0 Å². The van der Waals surface area contributed by atoms with Crippen LogP contribution in [0.5, 0.6) is 0 Å². The summed E-state index contributed by atoms with van der Waals surface area (Å²) in [6, 6.07) is 6.32. The number of non-ortho nitro benzene ring substituents is 1. The van der Waals surface area contributed by atoms with Gasteiger partial charge >= 0.3 is 0 Å². The van der Waals surface area contributed by atoms with Crippen molar-refractivity contribution in [2.24, 2.45) is 5.92 Å². The molecule has 1 atom stereocenters. The Labute approximate surface area is 131 Å². The van der Waals surface area contributed by atoms with Crippen LogP contribution in [0.15, 0.2) is 30.3 Å². The molecule has 0 radical (unpaired) electrons. The topological polar surface area (TPSA) is 72.2 Å². The zero-order chi connectivity index (χ0) is 16.5. The van der Waals surface area contributed by atoms with Gasteiger partial charge < -0.3 is 5.32 Å². The van der Waals surface area contributed by atoms with E-state index in [0.717, 1.165) is 19.3 Å². The summed E-state index contributed by atoms with van der Waals surface area (Å²) in [5, 5.41) is 13.6. The molecule has 1 rings (SSSR count). The Morgan fingerprint density at radius 1 is 1.32 bits per heavy atom. The quantitative estimate of drug-likeness (QED) is 0.449. The van der Waals surface area contributed by atoms with Gasteiger partial charge in [-0.15, -0.1) is 0 Å². The van der Waals surface area contributed by atoms with E-state index in [0.29, 0.717) is 11.5 Å². The van der Waals surface area contributed by atoms with Crippen LogP contribution in [-0.4, -0.2) is 16.9 Å². The molecule has 0 aliphatic heterocycles. The third-order valence-electron chi connectivity index (χ3n) is 3.32. The number of nitrogens with zero attached hydrogens (tertiary/aromatic N) is 1. The molecule has 0 unspecified atom stereocenters. The van der Waals surface area contributed by atoms with E-state index < -0.39 is 4.92 Å². The monoisotopic (exact) mass is 304 g/mol. The van der Waals surface area contributed by atoms with Crippen LogP contribution in [0.25, 0.3) is 6.08 Å². The lowest BCUT2D eigenvalue weighted by molar-refractivity contribution is -0.384. The number of rotatable bonds is 8. The number of hydrogen-bond donors (Lipinski definition) is 1. The van der Waals surface area contributed by atoms with Crippen molar-refractivity contribution >= 4 is 17.7 Å². The van der Waals surface area contributed by atoms with E-state index in [9.17, 15) is 14.9 Å². The van der Waals surface area contributed by atoms with E-state index in [2.05, 4.69) is 19.2 Å². The second kappa shape index (κ2) is 8.97. The minimum absolute atomic E-state index is 0.0182. The fraction of sp³-hybridized carbons (Fsp3) is 0.471. The molecular weight excluding hydrogens is 280 g/mol. The van der Waals surface area contributed by atoms with E-state index >= 15 is 0 Å². The van der Waals surface area contributed by atoms with Gasteiger partial charge in [0.25, 0.3) is 5.69 Å². The van der Waals surface area contributed by atoms with E-state index in [1.807, 2.05) is 6.92 Å². The van der Waals surface area contributed by atoms with Crippen molar-refractivity contribution in [1.29, 1.82) is 0 Å². The van der Waals surface area contributed by atoms with Crippen LogP contribution in [0, 0.1) is 16.0 Å². The van der Waals surface area contributed by atoms with Gasteiger partial charge in [-0.3, -0.25) is 14.9 Å². The molecule has 120 valence electrons. The summed E-state index contributed by atoms with van der Waals surface area (Å²) < 4.78 is 0. The molecule has 0 saturated carbocycles. The molecule has 0 aliphatic carbocycles. The van der Waals surface area contributed by atoms with E-state index in [4.69, 9.17) is 0 Å². The summed E-state index contributed by atoms with van der Waals surface area (Å²) in [5.41, 5.74) is 0.654. The van der Waals surface area contributed by atoms with Crippen LogP contribution in [-0.2, 0) is 4.79 Å². The number of carbonyl (C=O) groups is 1. The Balaban J connectivity index is 2.47. The summed E-state index contributed by atoms with van der Waals surface area (Å²) in [4.78, 5) is 22.0. The molecule has 5 heteroatoms. The summed E-state index contributed by atoms with van der Waals surface area (Å²) in [6.45, 7) is 6.36. The number of benzene rings is 1. The normalized spacial score (nSPS) is 12.5. The molecule has 1 aromatic carbocycles. The predicted octanol–water partition coefficient (Wildman–Crippen LogP) is 3.94. The molecule has 0 bridgehead atoms. The SMILES string of the molecule is CC(C)CCC[C@@H](C)NC(=O)/C=C/c1cccc([N+](=O)[O-])c1. The van der Waals surface area contributed by atoms with Crippen molar-refractivity contribution in [3.63, 3.8) is 0 Å². The highest BCUT2D eigenvalue weighted by Crippen LogP contribution is 2.14. The molecule has 1 aromatic rings. The highest BCUT2D eigenvalue weighted by molar-refractivity contribution is 5.91. The summed E-state index contributed by atoms with van der Waals surface area (Å²) in [6.07, 6.45) is 6.20. The lowest BCUT2D eigenvalue weighted by Gasteiger charge is -2.13. The highest BCUT2D eigenvalue weighted by Gasteiger charge is 2.06. The average Bonchev–Trinajstić information content (AvgIpc) is 2.45. The molecule has 1 amide bonds. The Kier molecular flexibility index (Phi) is 7.29. The Bertz CT molecular complexity index is 538. The van der Waals surface area contributed by atoms with Gasteiger partial charge in [0.05, 0.1) is 4.92 Å². The van der Waals surface area contributed by atoms with Gasteiger partial charge in [-0.2, -0.15) is 0 Å². The van der Waals surface area contributed by atoms with Gasteiger partial charge in [-0.25, -0.2) is 0 Å². The first-order chi connectivity index (χ1) is 10.4. The first-order valence-electron chi connectivity index (χ1n) is 7.61. The molecular formula is C17H24N2O3. The predicted molar refractivity (Wildman–Crippen MR) is 88.4 cm³/mol. The molecule has 1 N–H and O–H groups in total. The van der Waals surface area contributed by atoms with Crippen LogP contribution in [0.3, 0.4) is 0 Å². The molecule has 0 aromatic heterocycles. The number of nitro benzene ring substituents is 1. The third kappa shape index (κ3) is 7.02. The molecule has 5 nitrogen and oxygen atoms in total. The number of hydrogen-bond acceptors (Lipinski definition) is 3. The van der Waals surface area contributed by atoms with E-state index in [1.54, 1.807) is 18.2 Å². The summed E-state index contributed by atoms with van der Waals surface area (Å²) >= 11 is 0. The largest absolute Gasteiger partial charge is 0.350 e. The Hall–Kier alpha value is -2.17. The summed E-state index contributed by atoms with van der Waals surface area (Å²) in [5.74, 6) is 0.500. The van der Waals surface area contributed by atoms with E-state index in [-0.39, 0.29) is 17.6 Å². The maximum absolute atomic E-state index is 11.8. The second-order valence-corrected chi connectivity index (χ2v) is 5.92. The van der Waals surface area contributed by atoms with Crippen LogP contribution in [0.2, 0.25) is 0 Å². The molecule has 22 heavy (non-hydrogen) atoms. The molecule has 0 heterocycles. The third-order valence-corrected chi connectivity index (χ3v) is 3.32. The maximum Gasteiger partial charge on any atom is 0.270 e. The number of nitrogens with one attached hydrogen (secondary N) is 1.